The zero-order valence-corrected chi connectivity index (χ0v) is 16.2. The Morgan fingerprint density at radius 3 is 2.66 bits per heavy atom. The minimum atomic E-state index is -0.0857. The summed E-state index contributed by atoms with van der Waals surface area (Å²) in [5, 5.41) is 8.93. The lowest BCUT2D eigenvalue weighted by atomic mass is 9.91. The van der Waals surface area contributed by atoms with Gasteiger partial charge in [-0.05, 0) is 30.5 Å². The highest BCUT2D eigenvalue weighted by Gasteiger charge is 2.28. The van der Waals surface area contributed by atoms with Gasteiger partial charge in [0.1, 0.15) is 11.3 Å². The van der Waals surface area contributed by atoms with Crippen LogP contribution in [0.2, 0.25) is 0 Å². The summed E-state index contributed by atoms with van der Waals surface area (Å²) < 4.78 is 7.44. The molecule has 0 unspecified atom stereocenters. The predicted molar refractivity (Wildman–Crippen MR) is 108 cm³/mol. The molecule has 2 aliphatic heterocycles. The van der Waals surface area contributed by atoms with Crippen molar-refractivity contribution in [3.63, 3.8) is 0 Å². The topological polar surface area (TPSA) is 86.4 Å². The highest BCUT2D eigenvalue weighted by atomic mass is 16.5. The molecule has 1 aromatic carbocycles. The third kappa shape index (κ3) is 3.46. The second kappa shape index (κ2) is 7.47. The van der Waals surface area contributed by atoms with Crippen LogP contribution in [-0.2, 0) is 11.3 Å². The van der Waals surface area contributed by atoms with Gasteiger partial charge in [-0.15, -0.1) is 0 Å². The molecule has 0 aliphatic carbocycles. The Morgan fingerprint density at radius 1 is 1.17 bits per heavy atom. The summed E-state index contributed by atoms with van der Waals surface area (Å²) in [6.07, 6.45) is 5.60. The van der Waals surface area contributed by atoms with Gasteiger partial charge in [0.05, 0.1) is 17.8 Å². The van der Waals surface area contributed by atoms with Gasteiger partial charge in [-0.25, -0.2) is 4.98 Å². The first-order valence-electron chi connectivity index (χ1n) is 10.1. The van der Waals surface area contributed by atoms with Gasteiger partial charge in [-0.1, -0.05) is 12.1 Å². The number of nitriles is 1. The maximum atomic E-state index is 12.5. The molecule has 7 heteroatoms. The Kier molecular flexibility index (Phi) is 4.66. The molecule has 3 aromatic rings. The summed E-state index contributed by atoms with van der Waals surface area (Å²) in [5.74, 6) is 1.78. The Labute approximate surface area is 168 Å². The van der Waals surface area contributed by atoms with Crippen LogP contribution in [0.5, 0.6) is 0 Å². The lowest BCUT2D eigenvalue weighted by molar-refractivity contribution is 0.0834. The first-order valence-corrected chi connectivity index (χ1v) is 10.1. The molecule has 0 bridgehead atoms. The molecule has 29 heavy (non-hydrogen) atoms. The van der Waals surface area contributed by atoms with E-state index in [-0.39, 0.29) is 5.56 Å². The van der Waals surface area contributed by atoms with Gasteiger partial charge in [0.25, 0.3) is 5.56 Å². The molecule has 2 fully saturated rings. The maximum Gasteiger partial charge on any atom is 0.274 e. The van der Waals surface area contributed by atoms with E-state index >= 15 is 0 Å². The van der Waals surface area contributed by atoms with Gasteiger partial charge in [0, 0.05) is 56.6 Å². The van der Waals surface area contributed by atoms with Crippen molar-refractivity contribution in [3.8, 4) is 6.07 Å². The van der Waals surface area contributed by atoms with Crippen LogP contribution >= 0.6 is 0 Å². The summed E-state index contributed by atoms with van der Waals surface area (Å²) in [5.41, 5.74) is 3.39. The number of hydrogen-bond acceptors (Lipinski definition) is 5. The number of H-pyrrole nitrogens is 1. The van der Waals surface area contributed by atoms with E-state index in [0.717, 1.165) is 50.7 Å². The number of ether oxygens (including phenoxy) is 1. The zero-order chi connectivity index (χ0) is 19.8. The van der Waals surface area contributed by atoms with Crippen LogP contribution in [0.25, 0.3) is 5.52 Å². The highest BCUT2D eigenvalue weighted by molar-refractivity contribution is 5.44. The van der Waals surface area contributed by atoms with Crippen molar-refractivity contribution in [3.05, 3.63) is 69.7 Å². The van der Waals surface area contributed by atoms with E-state index in [9.17, 15) is 4.79 Å². The van der Waals surface area contributed by atoms with Crippen molar-refractivity contribution in [1.29, 1.82) is 5.26 Å². The standard InChI is InChI=1S/C22H23N5O2/c23-9-15-1-3-16(4-2-15)18-11-26(12-18)13-19-14-27-20(22(28)25-19)10-24-21(27)17-5-7-29-8-6-17/h1-4,10,14,17-18H,5-8,11-13H2,(H,25,28). The first-order chi connectivity index (χ1) is 14.2. The van der Waals surface area contributed by atoms with Crippen LogP contribution in [0, 0.1) is 11.3 Å². The second-order valence-corrected chi connectivity index (χ2v) is 7.99. The Morgan fingerprint density at radius 2 is 1.93 bits per heavy atom. The number of fused-ring (bicyclic) bond motifs is 1. The Balaban J connectivity index is 1.31. The van der Waals surface area contributed by atoms with E-state index in [0.29, 0.717) is 29.5 Å². The maximum absolute atomic E-state index is 12.5. The lowest BCUT2D eigenvalue weighted by Gasteiger charge is -2.39. The minimum Gasteiger partial charge on any atom is -0.381 e. The molecule has 0 spiro atoms. The summed E-state index contributed by atoms with van der Waals surface area (Å²) in [4.78, 5) is 22.4. The van der Waals surface area contributed by atoms with Crippen molar-refractivity contribution in [1.82, 2.24) is 19.3 Å². The first kappa shape index (κ1) is 18.1. The van der Waals surface area contributed by atoms with E-state index in [1.165, 1.54) is 5.56 Å². The smallest absolute Gasteiger partial charge is 0.274 e. The lowest BCUT2D eigenvalue weighted by Crippen LogP contribution is -2.44. The Hall–Kier alpha value is -2.95. The van der Waals surface area contributed by atoms with Crippen LogP contribution in [-0.4, -0.2) is 45.6 Å². The molecule has 7 nitrogen and oxygen atoms in total. The van der Waals surface area contributed by atoms with Gasteiger partial charge in [-0.3, -0.25) is 14.1 Å². The number of rotatable bonds is 4. The van der Waals surface area contributed by atoms with E-state index in [1.54, 1.807) is 6.20 Å². The van der Waals surface area contributed by atoms with Crippen LogP contribution in [0.4, 0.5) is 0 Å². The molecule has 2 saturated heterocycles. The van der Waals surface area contributed by atoms with E-state index < -0.39 is 0 Å². The van der Waals surface area contributed by atoms with E-state index in [2.05, 4.69) is 20.9 Å². The van der Waals surface area contributed by atoms with Gasteiger partial charge in [-0.2, -0.15) is 5.26 Å². The molecule has 0 radical (unpaired) electrons. The average molecular weight is 389 g/mol. The van der Waals surface area contributed by atoms with Crippen LogP contribution < -0.4 is 5.56 Å². The molecular weight excluding hydrogens is 366 g/mol. The number of aromatic amines is 1. The fourth-order valence-corrected chi connectivity index (χ4v) is 4.40. The quantitative estimate of drug-likeness (QED) is 0.740. The van der Waals surface area contributed by atoms with Crippen molar-refractivity contribution in [2.24, 2.45) is 0 Å². The third-order valence-electron chi connectivity index (χ3n) is 6.07. The third-order valence-corrected chi connectivity index (χ3v) is 6.07. The second-order valence-electron chi connectivity index (χ2n) is 7.99. The predicted octanol–water partition coefficient (Wildman–Crippen LogP) is 2.39. The van der Waals surface area contributed by atoms with Gasteiger partial charge < -0.3 is 9.72 Å². The monoisotopic (exact) mass is 389 g/mol. The average Bonchev–Trinajstić information content (AvgIpc) is 3.16. The fourth-order valence-electron chi connectivity index (χ4n) is 4.40. The zero-order valence-electron chi connectivity index (χ0n) is 16.2. The summed E-state index contributed by atoms with van der Waals surface area (Å²) in [6.45, 7) is 4.11. The number of nitrogens with one attached hydrogen (secondary N) is 1. The molecule has 2 aromatic heterocycles. The number of imidazole rings is 1. The molecule has 0 amide bonds. The molecule has 4 heterocycles. The molecule has 1 N–H and O–H groups in total. The largest absolute Gasteiger partial charge is 0.381 e. The normalized spacial score (nSPS) is 18.6. The summed E-state index contributed by atoms with van der Waals surface area (Å²) in [7, 11) is 0. The molecule has 0 saturated carbocycles. The number of likely N-dealkylation sites (tertiary alicyclic amines) is 1. The number of benzene rings is 1. The number of nitrogens with zero attached hydrogens (tertiary/aromatic N) is 4. The van der Waals surface area contributed by atoms with Crippen molar-refractivity contribution in [2.75, 3.05) is 26.3 Å². The highest BCUT2D eigenvalue weighted by Crippen LogP contribution is 2.29. The Bertz CT molecular complexity index is 1110. The fraction of sp³-hybridized carbons (Fsp3) is 0.409. The minimum absolute atomic E-state index is 0.0857. The summed E-state index contributed by atoms with van der Waals surface area (Å²) in [6, 6.07) is 9.99. The van der Waals surface area contributed by atoms with E-state index in [1.807, 2.05) is 34.9 Å². The van der Waals surface area contributed by atoms with Crippen LogP contribution in [0.1, 0.15) is 47.3 Å². The molecule has 2 aliphatic rings. The molecule has 148 valence electrons. The molecular formula is C22H23N5O2. The SMILES string of the molecule is N#Cc1ccc(C2CN(Cc3cn4c(C5CCOCC5)ncc4c(=O)[nH]3)C2)cc1. The summed E-state index contributed by atoms with van der Waals surface area (Å²) >= 11 is 0. The van der Waals surface area contributed by atoms with E-state index in [4.69, 9.17) is 10.00 Å². The van der Waals surface area contributed by atoms with Gasteiger partial charge in [0.2, 0.25) is 0 Å². The van der Waals surface area contributed by atoms with Crippen molar-refractivity contribution >= 4 is 5.52 Å². The van der Waals surface area contributed by atoms with Crippen LogP contribution in [0.3, 0.4) is 0 Å². The number of hydrogen-bond donors (Lipinski definition) is 1. The van der Waals surface area contributed by atoms with Crippen molar-refractivity contribution < 1.29 is 4.74 Å². The number of aromatic nitrogens is 3. The van der Waals surface area contributed by atoms with Crippen LogP contribution in [0.15, 0.2) is 41.5 Å². The molecule has 5 rings (SSSR count). The molecule has 0 atom stereocenters. The van der Waals surface area contributed by atoms with Gasteiger partial charge in [0.15, 0.2) is 0 Å². The van der Waals surface area contributed by atoms with Crippen molar-refractivity contribution in [2.45, 2.75) is 31.2 Å². The van der Waals surface area contributed by atoms with Gasteiger partial charge >= 0.3 is 0 Å².